The predicted molar refractivity (Wildman–Crippen MR) is 104 cm³/mol. The molecule has 1 fully saturated rings. The number of aryl methyl sites for hydroxylation is 2. The molecule has 1 unspecified atom stereocenters. The van der Waals surface area contributed by atoms with Gasteiger partial charge in [0.25, 0.3) is 0 Å². The van der Waals surface area contributed by atoms with Crippen LogP contribution in [0.1, 0.15) is 36.8 Å². The highest BCUT2D eigenvalue weighted by Gasteiger charge is 2.21. The van der Waals surface area contributed by atoms with Crippen molar-refractivity contribution in [2.75, 3.05) is 20.1 Å². The molecule has 1 aliphatic rings. The zero-order valence-corrected chi connectivity index (χ0v) is 15.7. The maximum absolute atomic E-state index is 6.09. The SMILES string of the molecule is CN1CCCC1CNOC(CCc1ccncc1)CCc1ccncc1. The summed E-state index contributed by atoms with van der Waals surface area (Å²) in [5.74, 6) is 0. The molecule has 0 spiro atoms. The molecule has 2 aromatic heterocycles. The summed E-state index contributed by atoms with van der Waals surface area (Å²) in [6, 6.07) is 8.93. The third kappa shape index (κ3) is 6.16. The van der Waals surface area contributed by atoms with Crippen molar-refractivity contribution in [2.45, 2.75) is 50.7 Å². The third-order valence-electron chi connectivity index (χ3n) is 5.25. The van der Waals surface area contributed by atoms with Crippen molar-refractivity contribution in [3.8, 4) is 0 Å². The molecule has 0 aliphatic carbocycles. The molecule has 2 aromatic rings. The largest absolute Gasteiger partial charge is 0.302 e. The quantitative estimate of drug-likeness (QED) is 0.665. The van der Waals surface area contributed by atoms with E-state index in [0.717, 1.165) is 32.2 Å². The summed E-state index contributed by atoms with van der Waals surface area (Å²) in [6.07, 6.45) is 14.2. The van der Waals surface area contributed by atoms with Crippen molar-refractivity contribution in [3.05, 3.63) is 60.2 Å². The molecule has 1 atom stereocenters. The Morgan fingerprint density at radius 3 is 2.12 bits per heavy atom. The molecule has 0 radical (unpaired) electrons. The minimum atomic E-state index is 0.197. The Labute approximate surface area is 156 Å². The van der Waals surface area contributed by atoms with Crippen LogP contribution in [0.2, 0.25) is 0 Å². The monoisotopic (exact) mass is 354 g/mol. The molecular formula is C21H30N4O. The fourth-order valence-corrected chi connectivity index (χ4v) is 3.52. The molecule has 26 heavy (non-hydrogen) atoms. The van der Waals surface area contributed by atoms with E-state index in [2.05, 4.69) is 51.7 Å². The highest BCUT2D eigenvalue weighted by Crippen LogP contribution is 2.15. The minimum Gasteiger partial charge on any atom is -0.302 e. The summed E-state index contributed by atoms with van der Waals surface area (Å²) in [7, 11) is 2.20. The van der Waals surface area contributed by atoms with Gasteiger partial charge in [0.15, 0.2) is 0 Å². The maximum atomic E-state index is 6.09. The van der Waals surface area contributed by atoms with Crippen molar-refractivity contribution < 1.29 is 4.84 Å². The van der Waals surface area contributed by atoms with Crippen LogP contribution in [0.3, 0.4) is 0 Å². The number of rotatable bonds is 10. The number of hydroxylamine groups is 1. The van der Waals surface area contributed by atoms with Crippen molar-refractivity contribution in [3.63, 3.8) is 0 Å². The smallest absolute Gasteiger partial charge is 0.0796 e. The van der Waals surface area contributed by atoms with Crippen molar-refractivity contribution in [1.82, 2.24) is 20.3 Å². The van der Waals surface area contributed by atoms with Gasteiger partial charge in [-0.15, -0.1) is 0 Å². The van der Waals surface area contributed by atoms with E-state index in [1.165, 1.54) is 30.5 Å². The average molecular weight is 354 g/mol. The number of hydrogen-bond donors (Lipinski definition) is 1. The summed E-state index contributed by atoms with van der Waals surface area (Å²) in [6.45, 7) is 2.09. The second-order valence-corrected chi connectivity index (χ2v) is 7.15. The maximum Gasteiger partial charge on any atom is 0.0796 e. The fourth-order valence-electron chi connectivity index (χ4n) is 3.52. The first-order valence-electron chi connectivity index (χ1n) is 9.68. The minimum absolute atomic E-state index is 0.197. The van der Waals surface area contributed by atoms with E-state index in [-0.39, 0.29) is 6.10 Å². The van der Waals surface area contributed by atoms with Crippen LogP contribution in [-0.2, 0) is 17.7 Å². The van der Waals surface area contributed by atoms with E-state index in [0.29, 0.717) is 6.04 Å². The van der Waals surface area contributed by atoms with Gasteiger partial charge in [-0.1, -0.05) is 0 Å². The second-order valence-electron chi connectivity index (χ2n) is 7.15. The van der Waals surface area contributed by atoms with Gasteiger partial charge in [-0.25, -0.2) is 5.48 Å². The lowest BCUT2D eigenvalue weighted by Gasteiger charge is -2.23. The van der Waals surface area contributed by atoms with Crippen LogP contribution in [0.15, 0.2) is 49.1 Å². The van der Waals surface area contributed by atoms with Crippen LogP contribution < -0.4 is 5.48 Å². The summed E-state index contributed by atoms with van der Waals surface area (Å²) < 4.78 is 0. The molecule has 1 saturated heterocycles. The van der Waals surface area contributed by atoms with E-state index in [4.69, 9.17) is 4.84 Å². The van der Waals surface area contributed by atoms with Crippen LogP contribution in [0.4, 0.5) is 0 Å². The number of likely N-dealkylation sites (N-methyl/N-ethyl adjacent to an activating group) is 1. The summed E-state index contributed by atoms with van der Waals surface area (Å²) in [4.78, 5) is 16.7. The van der Waals surface area contributed by atoms with E-state index >= 15 is 0 Å². The lowest BCUT2D eigenvalue weighted by molar-refractivity contribution is -0.0389. The molecule has 5 heteroatoms. The molecule has 0 saturated carbocycles. The van der Waals surface area contributed by atoms with Gasteiger partial charge in [0.2, 0.25) is 0 Å². The molecule has 0 aromatic carbocycles. The zero-order chi connectivity index (χ0) is 18.0. The summed E-state index contributed by atoms with van der Waals surface area (Å²) >= 11 is 0. The first kappa shape index (κ1) is 19.0. The van der Waals surface area contributed by atoms with Gasteiger partial charge in [-0.2, -0.15) is 0 Å². The van der Waals surface area contributed by atoms with Crippen molar-refractivity contribution in [1.29, 1.82) is 0 Å². The van der Waals surface area contributed by atoms with Crippen LogP contribution in [0.25, 0.3) is 0 Å². The van der Waals surface area contributed by atoms with E-state index in [1.807, 2.05) is 24.8 Å². The van der Waals surface area contributed by atoms with E-state index < -0.39 is 0 Å². The van der Waals surface area contributed by atoms with Gasteiger partial charge >= 0.3 is 0 Å². The van der Waals surface area contributed by atoms with Gasteiger partial charge in [-0.3, -0.25) is 14.8 Å². The number of nitrogens with one attached hydrogen (secondary N) is 1. The van der Waals surface area contributed by atoms with E-state index in [9.17, 15) is 0 Å². The average Bonchev–Trinajstić information content (AvgIpc) is 3.10. The molecule has 3 heterocycles. The Bertz CT molecular complexity index is 579. The van der Waals surface area contributed by atoms with Crippen LogP contribution in [-0.4, -0.2) is 47.2 Å². The number of nitrogens with zero attached hydrogens (tertiary/aromatic N) is 3. The standard InChI is InChI=1S/C21H30N4O/c1-25-16-2-3-20(25)17-24-26-21(6-4-18-8-12-22-13-9-18)7-5-19-10-14-23-15-11-19/h8-15,20-21,24H,2-7,16-17H2,1H3. The van der Waals surface area contributed by atoms with Gasteiger partial charge in [0.05, 0.1) is 6.10 Å². The van der Waals surface area contributed by atoms with Gasteiger partial charge in [0, 0.05) is 37.4 Å². The number of likely N-dealkylation sites (tertiary alicyclic amines) is 1. The van der Waals surface area contributed by atoms with Gasteiger partial charge < -0.3 is 4.90 Å². The lowest BCUT2D eigenvalue weighted by Crippen LogP contribution is -2.37. The summed E-state index contributed by atoms with van der Waals surface area (Å²) in [5.41, 5.74) is 5.89. The number of pyridine rings is 2. The van der Waals surface area contributed by atoms with E-state index in [1.54, 1.807) is 0 Å². The highest BCUT2D eigenvalue weighted by molar-refractivity contribution is 5.11. The molecule has 3 rings (SSSR count). The van der Waals surface area contributed by atoms with Gasteiger partial charge in [-0.05, 0) is 87.5 Å². The first-order chi connectivity index (χ1) is 12.8. The van der Waals surface area contributed by atoms with Crippen LogP contribution in [0, 0.1) is 0 Å². The second kappa shape index (κ2) is 10.4. The Balaban J connectivity index is 1.48. The Kier molecular flexibility index (Phi) is 7.55. The first-order valence-corrected chi connectivity index (χ1v) is 9.68. The van der Waals surface area contributed by atoms with Crippen LogP contribution in [0.5, 0.6) is 0 Å². The van der Waals surface area contributed by atoms with Crippen molar-refractivity contribution in [2.24, 2.45) is 0 Å². The lowest BCUT2D eigenvalue weighted by atomic mass is 10.0. The Hall–Kier alpha value is -1.82. The third-order valence-corrected chi connectivity index (χ3v) is 5.25. The number of hydrogen-bond acceptors (Lipinski definition) is 5. The summed E-state index contributed by atoms with van der Waals surface area (Å²) in [5, 5.41) is 0. The molecule has 140 valence electrons. The predicted octanol–water partition coefficient (Wildman–Crippen LogP) is 3.03. The Morgan fingerprint density at radius 2 is 1.62 bits per heavy atom. The molecular weight excluding hydrogens is 324 g/mol. The zero-order valence-electron chi connectivity index (χ0n) is 15.7. The number of aromatic nitrogens is 2. The molecule has 0 bridgehead atoms. The molecule has 1 aliphatic heterocycles. The fraction of sp³-hybridized carbons (Fsp3) is 0.524. The normalized spacial score (nSPS) is 17.8. The Morgan fingerprint density at radius 1 is 1.04 bits per heavy atom. The molecule has 0 amide bonds. The van der Waals surface area contributed by atoms with Crippen LogP contribution >= 0.6 is 0 Å². The highest BCUT2D eigenvalue weighted by atomic mass is 16.7. The molecule has 1 N–H and O–H groups in total. The molecule has 5 nitrogen and oxygen atoms in total. The van der Waals surface area contributed by atoms with Gasteiger partial charge in [0.1, 0.15) is 0 Å². The topological polar surface area (TPSA) is 50.3 Å². The van der Waals surface area contributed by atoms with Crippen molar-refractivity contribution >= 4 is 0 Å².